The summed E-state index contributed by atoms with van der Waals surface area (Å²) in [6.07, 6.45) is 0.918. The van der Waals surface area contributed by atoms with Gasteiger partial charge in [0.25, 0.3) is 0 Å². The van der Waals surface area contributed by atoms with Gasteiger partial charge in [-0.1, -0.05) is 25.1 Å². The van der Waals surface area contributed by atoms with E-state index in [1.807, 2.05) is 18.2 Å². The standard InChI is InChI=1S/C16H19NO3S/c1-4-12-7-5-6-8-14(12)20-10-15-17-13(9-19-3)16(21-15)11(2)18/h5-8H,4,9-10H2,1-3H3. The quantitative estimate of drug-likeness (QED) is 0.733. The molecule has 0 bridgehead atoms. The van der Waals surface area contributed by atoms with Gasteiger partial charge in [0.05, 0.1) is 17.2 Å². The third kappa shape index (κ3) is 3.89. The second-order valence-electron chi connectivity index (χ2n) is 4.62. The monoisotopic (exact) mass is 305 g/mol. The minimum atomic E-state index is 0.0137. The Morgan fingerprint density at radius 1 is 1.29 bits per heavy atom. The normalized spacial score (nSPS) is 10.6. The van der Waals surface area contributed by atoms with Crippen LogP contribution < -0.4 is 4.74 Å². The zero-order valence-electron chi connectivity index (χ0n) is 12.5. The van der Waals surface area contributed by atoms with E-state index in [1.54, 1.807) is 14.0 Å². The van der Waals surface area contributed by atoms with Crippen molar-refractivity contribution in [3.8, 4) is 5.75 Å². The van der Waals surface area contributed by atoms with Gasteiger partial charge in [0.1, 0.15) is 17.4 Å². The van der Waals surface area contributed by atoms with Crippen LogP contribution in [0.5, 0.6) is 5.75 Å². The molecule has 0 saturated carbocycles. The van der Waals surface area contributed by atoms with Crippen molar-refractivity contribution in [2.45, 2.75) is 33.5 Å². The summed E-state index contributed by atoms with van der Waals surface area (Å²) >= 11 is 1.37. The zero-order chi connectivity index (χ0) is 15.2. The number of rotatable bonds is 7. The SMILES string of the molecule is CCc1ccccc1OCc1nc(COC)c(C(C)=O)s1. The zero-order valence-corrected chi connectivity index (χ0v) is 13.3. The Kier molecular flexibility index (Phi) is 5.47. The number of nitrogens with zero attached hydrogens (tertiary/aromatic N) is 1. The van der Waals surface area contributed by atoms with Crippen molar-refractivity contribution in [1.82, 2.24) is 4.98 Å². The molecule has 0 atom stereocenters. The summed E-state index contributed by atoms with van der Waals surface area (Å²) in [6.45, 7) is 4.35. The molecule has 0 N–H and O–H groups in total. The minimum absolute atomic E-state index is 0.0137. The topological polar surface area (TPSA) is 48.4 Å². The Morgan fingerprint density at radius 3 is 2.71 bits per heavy atom. The molecule has 1 aromatic carbocycles. The molecule has 0 fully saturated rings. The largest absolute Gasteiger partial charge is 0.486 e. The summed E-state index contributed by atoms with van der Waals surface area (Å²) in [6, 6.07) is 7.95. The van der Waals surface area contributed by atoms with Crippen molar-refractivity contribution in [3.05, 3.63) is 45.4 Å². The number of thiazole rings is 1. The molecule has 2 aromatic rings. The van der Waals surface area contributed by atoms with Crippen LogP contribution in [0.3, 0.4) is 0 Å². The summed E-state index contributed by atoms with van der Waals surface area (Å²) in [4.78, 5) is 16.7. The Balaban J connectivity index is 2.13. The molecule has 0 spiro atoms. The van der Waals surface area contributed by atoms with Gasteiger partial charge in [0, 0.05) is 14.0 Å². The van der Waals surface area contributed by atoms with Crippen LogP contribution in [0.15, 0.2) is 24.3 Å². The third-order valence-electron chi connectivity index (χ3n) is 3.05. The van der Waals surface area contributed by atoms with Gasteiger partial charge in [-0.3, -0.25) is 4.79 Å². The molecule has 0 saturated heterocycles. The predicted molar refractivity (Wildman–Crippen MR) is 83.0 cm³/mol. The van der Waals surface area contributed by atoms with Crippen molar-refractivity contribution < 1.29 is 14.3 Å². The van der Waals surface area contributed by atoms with Gasteiger partial charge in [0.2, 0.25) is 0 Å². The lowest BCUT2D eigenvalue weighted by molar-refractivity contribution is 0.101. The van der Waals surface area contributed by atoms with E-state index in [4.69, 9.17) is 9.47 Å². The number of carbonyl (C=O) groups excluding carboxylic acids is 1. The molecule has 0 unspecified atom stereocenters. The second-order valence-corrected chi connectivity index (χ2v) is 5.71. The first-order valence-corrected chi connectivity index (χ1v) is 7.66. The number of ketones is 1. The van der Waals surface area contributed by atoms with Crippen LogP contribution in [0.25, 0.3) is 0 Å². The first-order chi connectivity index (χ1) is 10.2. The highest BCUT2D eigenvalue weighted by molar-refractivity contribution is 7.13. The summed E-state index contributed by atoms with van der Waals surface area (Å²) < 4.78 is 10.9. The number of benzene rings is 1. The molecule has 0 aliphatic heterocycles. The van der Waals surface area contributed by atoms with Crippen molar-refractivity contribution >= 4 is 17.1 Å². The number of aromatic nitrogens is 1. The lowest BCUT2D eigenvalue weighted by Crippen LogP contribution is -1.99. The van der Waals surface area contributed by atoms with Crippen molar-refractivity contribution in [2.24, 2.45) is 0 Å². The second kappa shape index (κ2) is 7.33. The average molecular weight is 305 g/mol. The molecule has 4 nitrogen and oxygen atoms in total. The van der Waals surface area contributed by atoms with Crippen LogP contribution >= 0.6 is 11.3 Å². The van der Waals surface area contributed by atoms with Crippen LogP contribution in [0, 0.1) is 0 Å². The predicted octanol–water partition coefficient (Wildman–Crippen LogP) is 3.63. The van der Waals surface area contributed by atoms with E-state index in [0.29, 0.717) is 23.8 Å². The van der Waals surface area contributed by atoms with Gasteiger partial charge >= 0.3 is 0 Å². The van der Waals surface area contributed by atoms with Crippen LogP contribution in [0.2, 0.25) is 0 Å². The highest BCUT2D eigenvalue weighted by Crippen LogP contribution is 2.24. The molecule has 0 aliphatic carbocycles. The van der Waals surface area contributed by atoms with Gasteiger partial charge in [-0.15, -0.1) is 11.3 Å². The van der Waals surface area contributed by atoms with E-state index in [0.717, 1.165) is 22.7 Å². The first kappa shape index (κ1) is 15.7. The third-order valence-corrected chi connectivity index (χ3v) is 4.22. The smallest absolute Gasteiger partial charge is 0.171 e. The first-order valence-electron chi connectivity index (χ1n) is 6.84. The van der Waals surface area contributed by atoms with Gasteiger partial charge in [0.15, 0.2) is 5.78 Å². The number of hydrogen-bond acceptors (Lipinski definition) is 5. The number of Topliss-reactive ketones (excluding diaryl/α,β-unsaturated/α-hetero) is 1. The van der Waals surface area contributed by atoms with Crippen LogP contribution in [0.4, 0.5) is 0 Å². The molecular weight excluding hydrogens is 286 g/mol. The van der Waals surface area contributed by atoms with Gasteiger partial charge in [-0.2, -0.15) is 0 Å². The molecule has 1 aromatic heterocycles. The fourth-order valence-corrected chi connectivity index (χ4v) is 2.92. The maximum atomic E-state index is 11.6. The van der Waals surface area contributed by atoms with Crippen LogP contribution in [-0.2, 0) is 24.4 Å². The summed E-state index contributed by atoms with van der Waals surface area (Å²) in [7, 11) is 1.59. The number of hydrogen-bond donors (Lipinski definition) is 0. The summed E-state index contributed by atoms with van der Waals surface area (Å²) in [5.74, 6) is 0.882. The van der Waals surface area contributed by atoms with Gasteiger partial charge < -0.3 is 9.47 Å². The summed E-state index contributed by atoms with van der Waals surface area (Å²) in [5.41, 5.74) is 1.86. The van der Waals surface area contributed by atoms with Crippen LogP contribution in [0.1, 0.15) is 39.8 Å². The molecule has 0 aliphatic rings. The maximum Gasteiger partial charge on any atom is 0.171 e. The Labute approximate surface area is 128 Å². The molecule has 21 heavy (non-hydrogen) atoms. The number of para-hydroxylation sites is 1. The van der Waals surface area contributed by atoms with E-state index < -0.39 is 0 Å². The van der Waals surface area contributed by atoms with Crippen molar-refractivity contribution in [1.29, 1.82) is 0 Å². The van der Waals surface area contributed by atoms with E-state index in [-0.39, 0.29) is 5.78 Å². The lowest BCUT2D eigenvalue weighted by Gasteiger charge is -2.08. The lowest BCUT2D eigenvalue weighted by atomic mass is 10.1. The van der Waals surface area contributed by atoms with Crippen LogP contribution in [-0.4, -0.2) is 17.9 Å². The number of aryl methyl sites for hydroxylation is 1. The molecule has 5 heteroatoms. The minimum Gasteiger partial charge on any atom is -0.486 e. The van der Waals surface area contributed by atoms with Crippen molar-refractivity contribution in [3.63, 3.8) is 0 Å². The fourth-order valence-electron chi connectivity index (χ4n) is 2.05. The number of ether oxygens (including phenoxy) is 2. The number of carbonyl (C=O) groups is 1. The highest BCUT2D eigenvalue weighted by Gasteiger charge is 2.15. The average Bonchev–Trinajstić information content (AvgIpc) is 2.89. The maximum absolute atomic E-state index is 11.6. The fraction of sp³-hybridized carbons (Fsp3) is 0.375. The molecule has 0 radical (unpaired) electrons. The Morgan fingerprint density at radius 2 is 2.05 bits per heavy atom. The molecule has 1 heterocycles. The Hall–Kier alpha value is -1.72. The van der Waals surface area contributed by atoms with E-state index in [9.17, 15) is 4.79 Å². The summed E-state index contributed by atoms with van der Waals surface area (Å²) in [5, 5.41) is 0.790. The van der Waals surface area contributed by atoms with E-state index in [1.165, 1.54) is 11.3 Å². The molecular formula is C16H19NO3S. The van der Waals surface area contributed by atoms with Gasteiger partial charge in [-0.05, 0) is 18.1 Å². The number of methoxy groups -OCH3 is 1. The van der Waals surface area contributed by atoms with Crippen molar-refractivity contribution in [2.75, 3.05) is 7.11 Å². The molecule has 112 valence electrons. The Bertz CT molecular complexity index is 622. The highest BCUT2D eigenvalue weighted by atomic mass is 32.1. The van der Waals surface area contributed by atoms with E-state index in [2.05, 4.69) is 18.0 Å². The van der Waals surface area contributed by atoms with Gasteiger partial charge in [-0.25, -0.2) is 4.98 Å². The molecule has 0 amide bonds. The van der Waals surface area contributed by atoms with E-state index >= 15 is 0 Å². The molecule has 2 rings (SSSR count).